The van der Waals surface area contributed by atoms with Crippen LogP contribution >= 0.6 is 0 Å². The van der Waals surface area contributed by atoms with Gasteiger partial charge in [0.05, 0.1) is 18.8 Å². The molecule has 232 valence electrons. The highest BCUT2D eigenvalue weighted by atomic mass is 16.5. The van der Waals surface area contributed by atoms with E-state index in [4.69, 9.17) is 10.5 Å². The largest absolute Gasteiger partial charge is 0.504 e. The summed E-state index contributed by atoms with van der Waals surface area (Å²) in [5.74, 6) is 0.372. The average Bonchev–Trinajstić information content (AvgIpc) is 3.49. The number of hydrogen-bond donors (Lipinski definition) is 7. The summed E-state index contributed by atoms with van der Waals surface area (Å²) in [5, 5.41) is 51.9. The second-order valence-corrected chi connectivity index (χ2v) is 11.3. The number of anilines is 1. The summed E-state index contributed by atoms with van der Waals surface area (Å²) in [4.78, 5) is 7.30. The van der Waals surface area contributed by atoms with Gasteiger partial charge in [0.15, 0.2) is 11.5 Å². The molecule has 0 amide bonds. The predicted molar refractivity (Wildman–Crippen MR) is 164 cm³/mol. The number of ether oxygens (including phenoxy) is 1. The maximum atomic E-state index is 10.7. The van der Waals surface area contributed by atoms with E-state index in [-0.39, 0.29) is 17.4 Å². The monoisotopic (exact) mass is 583 g/mol. The van der Waals surface area contributed by atoms with E-state index in [9.17, 15) is 25.5 Å². The fourth-order valence-corrected chi connectivity index (χ4v) is 5.34. The van der Waals surface area contributed by atoms with E-state index in [0.717, 1.165) is 29.7 Å². The molecule has 5 atom stereocenters. The molecule has 2 heterocycles. The first-order valence-corrected chi connectivity index (χ1v) is 15.3. The molecule has 0 spiro atoms. The van der Waals surface area contributed by atoms with Crippen LogP contribution in [-0.4, -0.2) is 66.5 Å². The predicted octanol–water partition coefficient (Wildman–Crippen LogP) is 4.62. The summed E-state index contributed by atoms with van der Waals surface area (Å²) >= 11 is 0. The van der Waals surface area contributed by atoms with Crippen LogP contribution in [-0.2, 0) is 12.8 Å². The number of unbranched alkanes of at least 4 members (excludes halogenated alkanes) is 4. The van der Waals surface area contributed by atoms with Crippen molar-refractivity contribution in [2.24, 2.45) is 0 Å². The van der Waals surface area contributed by atoms with Crippen molar-refractivity contribution in [3.8, 4) is 11.5 Å². The van der Waals surface area contributed by atoms with Crippen LogP contribution in [0.2, 0.25) is 0 Å². The van der Waals surface area contributed by atoms with Gasteiger partial charge in [-0.25, -0.2) is 4.98 Å². The van der Waals surface area contributed by atoms with E-state index < -0.39 is 31.0 Å². The van der Waals surface area contributed by atoms with Gasteiger partial charge in [0.25, 0.3) is 0 Å². The zero-order valence-corrected chi connectivity index (χ0v) is 24.7. The number of aryl methyl sites for hydroxylation is 1. The summed E-state index contributed by atoms with van der Waals surface area (Å²) in [6.45, 7) is 1.67. The van der Waals surface area contributed by atoms with Crippen molar-refractivity contribution in [2.45, 2.75) is 108 Å². The number of aromatic hydroxyl groups is 1. The van der Waals surface area contributed by atoms with Gasteiger partial charge in [-0.1, -0.05) is 45.1 Å². The number of rotatable bonds is 20. The molecular formula is C33H49N3O6. The lowest BCUT2D eigenvalue weighted by molar-refractivity contribution is -0.00839. The number of aliphatic hydroxyl groups is 4. The first-order chi connectivity index (χ1) is 20.3. The Morgan fingerprint density at radius 3 is 2.45 bits per heavy atom. The van der Waals surface area contributed by atoms with Gasteiger partial charge in [0.1, 0.15) is 18.0 Å². The topological polar surface area (TPSA) is 165 Å². The van der Waals surface area contributed by atoms with Crippen molar-refractivity contribution in [1.82, 2.24) is 9.97 Å². The molecule has 42 heavy (non-hydrogen) atoms. The van der Waals surface area contributed by atoms with Gasteiger partial charge in [-0.15, -0.1) is 0 Å². The normalized spacial score (nSPS) is 15.2. The van der Waals surface area contributed by atoms with Gasteiger partial charge in [-0.3, -0.25) is 0 Å². The minimum Gasteiger partial charge on any atom is -0.504 e. The molecule has 0 aliphatic carbocycles. The molecule has 0 saturated heterocycles. The number of benzene rings is 1. The fraction of sp³-hybridized carbons (Fsp3) is 0.545. The highest BCUT2D eigenvalue weighted by molar-refractivity contribution is 5.42. The number of nitrogens with two attached hydrogens (primary N) is 1. The van der Waals surface area contributed by atoms with E-state index in [1.165, 1.54) is 25.3 Å². The van der Waals surface area contributed by atoms with E-state index >= 15 is 0 Å². The average molecular weight is 584 g/mol. The molecular weight excluding hydrogens is 534 g/mol. The molecule has 1 aromatic carbocycles. The van der Waals surface area contributed by atoms with Gasteiger partial charge in [0.2, 0.25) is 0 Å². The molecule has 9 nitrogen and oxygen atoms in total. The smallest absolute Gasteiger partial charge is 0.161 e. The number of phenolic OH excluding ortho intramolecular Hbond substituents is 1. The lowest BCUT2D eigenvalue weighted by Crippen LogP contribution is -2.36. The Balaban J connectivity index is 1.64. The van der Waals surface area contributed by atoms with Crippen molar-refractivity contribution >= 4 is 5.82 Å². The second-order valence-electron chi connectivity index (χ2n) is 11.3. The zero-order chi connectivity index (χ0) is 30.3. The summed E-state index contributed by atoms with van der Waals surface area (Å²) in [7, 11) is 0. The number of hydrogen-bond acceptors (Lipinski definition) is 8. The third-order valence-electron chi connectivity index (χ3n) is 7.79. The van der Waals surface area contributed by atoms with Crippen LogP contribution in [0.4, 0.5) is 5.82 Å². The quantitative estimate of drug-likeness (QED) is 0.0947. The van der Waals surface area contributed by atoms with Crippen LogP contribution in [0.25, 0.3) is 0 Å². The van der Waals surface area contributed by atoms with Crippen molar-refractivity contribution in [3.63, 3.8) is 0 Å². The van der Waals surface area contributed by atoms with Gasteiger partial charge < -0.3 is 41.0 Å². The Morgan fingerprint density at radius 2 is 1.74 bits per heavy atom. The van der Waals surface area contributed by atoms with Crippen LogP contribution in [0.15, 0.2) is 54.9 Å². The highest BCUT2D eigenvalue weighted by Gasteiger charge is 2.27. The molecule has 3 rings (SSSR count). The number of pyridine rings is 1. The number of aromatic nitrogens is 2. The molecule has 0 radical (unpaired) electrons. The maximum Gasteiger partial charge on any atom is 0.161 e. The van der Waals surface area contributed by atoms with Crippen LogP contribution < -0.4 is 10.5 Å². The van der Waals surface area contributed by atoms with Crippen molar-refractivity contribution < 1.29 is 30.3 Å². The molecule has 0 saturated carbocycles. The van der Waals surface area contributed by atoms with E-state index in [0.29, 0.717) is 44.3 Å². The Bertz CT molecular complexity index is 1160. The first kappa shape index (κ1) is 33.4. The number of nitrogens with one attached hydrogen (secondary N) is 1. The van der Waals surface area contributed by atoms with Gasteiger partial charge in [0, 0.05) is 18.1 Å². The fourth-order valence-electron chi connectivity index (χ4n) is 5.34. The van der Waals surface area contributed by atoms with E-state index in [2.05, 4.69) is 16.9 Å². The molecule has 5 unspecified atom stereocenters. The molecule has 0 aliphatic rings. The summed E-state index contributed by atoms with van der Waals surface area (Å²) in [5.41, 5.74) is 8.72. The first-order valence-electron chi connectivity index (χ1n) is 15.3. The zero-order valence-electron chi connectivity index (χ0n) is 24.7. The Hall–Kier alpha value is -3.11. The molecule has 8 N–H and O–H groups in total. The summed E-state index contributed by atoms with van der Waals surface area (Å²) in [6.07, 6.45) is 8.93. The standard InChI is InChI=1S/C33H49N3O6/c1-2-3-4-5-6-9-27(38)21-28(39)12-10-23-11-13-29(40)31(17-23)42-32(30(41)22-37)19-25(18-26-8-7-15-35-26)24-14-16-36-33(34)20-24/h7-8,11,13-17,20,25,27-28,30,32,35,37-41H,2-6,9-10,12,18-19,21-22H2,1H3,(H2,34,36). The number of nitrogens with zero attached hydrogens (tertiary/aromatic N) is 1. The molecule has 3 aromatic rings. The van der Waals surface area contributed by atoms with E-state index in [1.54, 1.807) is 24.4 Å². The van der Waals surface area contributed by atoms with Gasteiger partial charge >= 0.3 is 0 Å². The van der Waals surface area contributed by atoms with Gasteiger partial charge in [-0.05, 0) is 92.0 Å². The van der Waals surface area contributed by atoms with Crippen molar-refractivity contribution in [3.05, 3.63) is 71.7 Å². The number of nitrogen functional groups attached to an aromatic ring is 1. The van der Waals surface area contributed by atoms with Crippen LogP contribution in [0.1, 0.15) is 87.4 Å². The van der Waals surface area contributed by atoms with Crippen LogP contribution in [0.5, 0.6) is 11.5 Å². The number of aromatic amines is 1. The van der Waals surface area contributed by atoms with Crippen molar-refractivity contribution in [1.29, 1.82) is 0 Å². The highest BCUT2D eigenvalue weighted by Crippen LogP contribution is 2.33. The number of aliphatic hydroxyl groups excluding tert-OH is 4. The van der Waals surface area contributed by atoms with E-state index in [1.807, 2.05) is 24.4 Å². The lowest BCUT2D eigenvalue weighted by Gasteiger charge is -2.28. The molecule has 0 fully saturated rings. The molecule has 0 bridgehead atoms. The van der Waals surface area contributed by atoms with Gasteiger partial charge in [-0.2, -0.15) is 0 Å². The third kappa shape index (κ3) is 11.3. The summed E-state index contributed by atoms with van der Waals surface area (Å²) < 4.78 is 6.16. The minimum atomic E-state index is -1.19. The van der Waals surface area contributed by atoms with Crippen LogP contribution in [0.3, 0.4) is 0 Å². The Kier molecular flexibility index (Phi) is 14.1. The summed E-state index contributed by atoms with van der Waals surface area (Å²) in [6, 6.07) is 12.6. The van der Waals surface area contributed by atoms with Crippen molar-refractivity contribution in [2.75, 3.05) is 12.3 Å². The lowest BCUT2D eigenvalue weighted by atomic mass is 9.88. The third-order valence-corrected chi connectivity index (χ3v) is 7.79. The van der Waals surface area contributed by atoms with Crippen LogP contribution in [0, 0.1) is 0 Å². The SMILES string of the molecule is CCCCCCCC(O)CC(O)CCc1ccc(O)c(OC(CC(Cc2ccc[nH]2)c2ccnc(N)c2)C(O)CO)c1. The molecule has 2 aromatic heterocycles. The number of phenols is 1. The second kappa shape index (κ2) is 17.8. The Morgan fingerprint density at radius 1 is 0.952 bits per heavy atom. The Labute approximate surface area is 249 Å². The minimum absolute atomic E-state index is 0.0815. The number of H-pyrrole nitrogens is 1. The maximum absolute atomic E-state index is 10.7. The molecule has 9 heteroatoms. The molecule has 0 aliphatic heterocycles.